The zero-order valence-corrected chi connectivity index (χ0v) is 13.4. The number of hydrogen-bond acceptors (Lipinski definition) is 7. The number of imidazole rings is 1. The van der Waals surface area contributed by atoms with Crippen molar-refractivity contribution >= 4 is 17.8 Å². The van der Waals surface area contributed by atoms with Crippen LogP contribution in [-0.2, 0) is 20.8 Å². The quantitative estimate of drug-likeness (QED) is 0.308. The van der Waals surface area contributed by atoms with Crippen molar-refractivity contribution in [2.75, 3.05) is 13.1 Å². The number of nitrogens with two attached hydrogens (primary N) is 3. The van der Waals surface area contributed by atoms with Crippen molar-refractivity contribution in [1.29, 1.82) is 0 Å². The largest absolute Gasteiger partial charge is 0.480 e. The molecule has 0 saturated carbocycles. The first-order valence-corrected chi connectivity index (χ1v) is 7.64. The Labute approximate surface area is 139 Å². The molecule has 134 valence electrons. The van der Waals surface area contributed by atoms with E-state index < -0.39 is 36.4 Å². The van der Waals surface area contributed by atoms with E-state index >= 15 is 0 Å². The molecule has 2 atom stereocenters. The van der Waals surface area contributed by atoms with Crippen molar-refractivity contribution in [3.05, 3.63) is 18.2 Å². The van der Waals surface area contributed by atoms with E-state index in [1.54, 1.807) is 0 Å². The summed E-state index contributed by atoms with van der Waals surface area (Å²) in [5, 5.41) is 9.45. The maximum absolute atomic E-state index is 12.5. The molecule has 2 amide bonds. The summed E-state index contributed by atoms with van der Waals surface area (Å²) >= 11 is 0. The summed E-state index contributed by atoms with van der Waals surface area (Å²) in [5.74, 6) is -2.88. The van der Waals surface area contributed by atoms with E-state index in [9.17, 15) is 19.5 Å². The predicted octanol–water partition coefficient (Wildman–Crippen LogP) is -1.82. The van der Waals surface area contributed by atoms with Gasteiger partial charge in [0, 0.05) is 12.6 Å². The van der Waals surface area contributed by atoms with Gasteiger partial charge in [-0.3, -0.25) is 14.5 Å². The number of rotatable bonds is 10. The van der Waals surface area contributed by atoms with Crippen molar-refractivity contribution in [1.82, 2.24) is 14.9 Å². The molecule has 1 heterocycles. The van der Waals surface area contributed by atoms with Crippen LogP contribution in [0.4, 0.5) is 0 Å². The minimum absolute atomic E-state index is 0.133. The lowest BCUT2D eigenvalue weighted by molar-refractivity contribution is -0.158. The first-order chi connectivity index (χ1) is 11.4. The highest BCUT2D eigenvalue weighted by Gasteiger charge is 2.36. The number of aliphatic carboxylic acids is 1. The lowest BCUT2D eigenvalue weighted by Crippen LogP contribution is -2.56. The summed E-state index contributed by atoms with van der Waals surface area (Å²) in [7, 11) is 0. The zero-order valence-electron chi connectivity index (χ0n) is 13.4. The van der Waals surface area contributed by atoms with Crippen LogP contribution in [0.5, 0.6) is 0 Å². The van der Waals surface area contributed by atoms with Gasteiger partial charge in [-0.05, 0) is 19.4 Å². The van der Waals surface area contributed by atoms with Crippen LogP contribution in [0.15, 0.2) is 12.5 Å². The fourth-order valence-electron chi connectivity index (χ4n) is 2.25. The summed E-state index contributed by atoms with van der Waals surface area (Å²) in [5.41, 5.74) is 16.9. The average Bonchev–Trinajstić information content (AvgIpc) is 3.06. The number of imide groups is 1. The van der Waals surface area contributed by atoms with Gasteiger partial charge < -0.3 is 27.3 Å². The second-order valence-corrected chi connectivity index (χ2v) is 5.32. The van der Waals surface area contributed by atoms with Crippen LogP contribution in [0, 0.1) is 0 Å². The van der Waals surface area contributed by atoms with E-state index in [0.29, 0.717) is 36.4 Å². The Balaban J connectivity index is 2.97. The second kappa shape index (κ2) is 9.75. The zero-order chi connectivity index (χ0) is 18.1. The molecule has 0 bridgehead atoms. The van der Waals surface area contributed by atoms with Gasteiger partial charge in [-0.1, -0.05) is 6.42 Å². The number of aromatic amines is 1. The topological polar surface area (TPSA) is 181 Å². The van der Waals surface area contributed by atoms with Gasteiger partial charge in [-0.2, -0.15) is 0 Å². The molecule has 0 aliphatic rings. The lowest BCUT2D eigenvalue weighted by atomic mass is 10.1. The fourth-order valence-corrected chi connectivity index (χ4v) is 2.25. The number of unbranched alkanes of at least 4 members (excludes halogenated alkanes) is 1. The molecular weight excluding hydrogens is 316 g/mol. The molecule has 2 unspecified atom stereocenters. The van der Waals surface area contributed by atoms with Gasteiger partial charge in [0.1, 0.15) is 6.04 Å². The molecule has 1 aromatic heterocycles. The molecule has 0 radical (unpaired) electrons. The first-order valence-electron chi connectivity index (χ1n) is 7.64. The minimum Gasteiger partial charge on any atom is -0.480 e. The number of H-pyrrole nitrogens is 1. The second-order valence-electron chi connectivity index (χ2n) is 5.32. The highest BCUT2D eigenvalue weighted by Crippen LogP contribution is 2.12. The molecule has 1 rings (SSSR count). The number of amides is 2. The molecule has 0 aliphatic carbocycles. The van der Waals surface area contributed by atoms with Gasteiger partial charge >= 0.3 is 5.97 Å². The third kappa shape index (κ3) is 5.41. The van der Waals surface area contributed by atoms with Crippen molar-refractivity contribution in [2.45, 2.75) is 37.8 Å². The van der Waals surface area contributed by atoms with Crippen molar-refractivity contribution < 1.29 is 19.5 Å². The molecule has 0 saturated heterocycles. The Morgan fingerprint density at radius 2 is 2.00 bits per heavy atom. The van der Waals surface area contributed by atoms with Crippen molar-refractivity contribution in [2.24, 2.45) is 17.2 Å². The maximum Gasteiger partial charge on any atom is 0.327 e. The van der Waals surface area contributed by atoms with E-state index in [0.717, 1.165) is 0 Å². The Morgan fingerprint density at radius 1 is 1.29 bits per heavy atom. The summed E-state index contributed by atoms with van der Waals surface area (Å²) in [6, 6.07) is -2.41. The Morgan fingerprint density at radius 3 is 2.50 bits per heavy atom. The van der Waals surface area contributed by atoms with Crippen molar-refractivity contribution in [3.8, 4) is 0 Å². The van der Waals surface area contributed by atoms with E-state index in [4.69, 9.17) is 17.2 Å². The van der Waals surface area contributed by atoms with Crippen LogP contribution in [0.2, 0.25) is 0 Å². The van der Waals surface area contributed by atoms with Gasteiger partial charge in [-0.15, -0.1) is 0 Å². The molecule has 0 fully saturated rings. The summed E-state index contributed by atoms with van der Waals surface area (Å²) < 4.78 is 0. The van der Waals surface area contributed by atoms with Gasteiger partial charge in [0.15, 0.2) is 0 Å². The molecule has 1 aromatic rings. The van der Waals surface area contributed by atoms with Crippen LogP contribution in [-0.4, -0.2) is 62.9 Å². The van der Waals surface area contributed by atoms with Crippen LogP contribution < -0.4 is 17.2 Å². The third-order valence-corrected chi connectivity index (χ3v) is 3.52. The molecule has 10 heteroatoms. The molecule has 0 aromatic carbocycles. The summed E-state index contributed by atoms with van der Waals surface area (Å²) in [6.45, 7) is -0.0329. The van der Waals surface area contributed by atoms with Crippen LogP contribution >= 0.6 is 0 Å². The molecule has 0 spiro atoms. The summed E-state index contributed by atoms with van der Waals surface area (Å²) in [4.78, 5) is 43.4. The fraction of sp³-hybridized carbons (Fsp3) is 0.571. The molecular formula is C14H24N6O4. The lowest BCUT2D eigenvalue weighted by Gasteiger charge is -2.28. The normalized spacial score (nSPS) is 13.3. The van der Waals surface area contributed by atoms with E-state index in [1.165, 1.54) is 12.5 Å². The van der Waals surface area contributed by atoms with E-state index in [-0.39, 0.29) is 6.42 Å². The Hall–Kier alpha value is -2.30. The number of carboxylic acid groups (broad SMARTS) is 1. The number of nitrogens with zero attached hydrogens (tertiary/aromatic N) is 2. The molecule has 0 aliphatic heterocycles. The number of carbonyl (C=O) groups excluding carboxylic acids is 2. The van der Waals surface area contributed by atoms with Gasteiger partial charge in [0.25, 0.3) is 0 Å². The van der Waals surface area contributed by atoms with Crippen molar-refractivity contribution in [3.63, 3.8) is 0 Å². The third-order valence-electron chi connectivity index (χ3n) is 3.52. The number of nitrogens with one attached hydrogen (secondary N) is 1. The van der Waals surface area contributed by atoms with Gasteiger partial charge in [-0.25, -0.2) is 9.78 Å². The molecule has 8 N–H and O–H groups in total. The van der Waals surface area contributed by atoms with E-state index in [1.807, 2.05) is 0 Å². The number of aromatic nitrogens is 2. The number of hydrogen-bond donors (Lipinski definition) is 5. The minimum atomic E-state index is -1.42. The van der Waals surface area contributed by atoms with Crippen LogP contribution in [0.1, 0.15) is 25.0 Å². The Bertz CT molecular complexity index is 547. The average molecular weight is 340 g/mol. The van der Waals surface area contributed by atoms with Gasteiger partial charge in [0.2, 0.25) is 11.8 Å². The predicted molar refractivity (Wildman–Crippen MR) is 85.5 cm³/mol. The highest BCUT2D eigenvalue weighted by molar-refractivity contribution is 6.02. The van der Waals surface area contributed by atoms with Gasteiger partial charge in [0.05, 0.1) is 24.6 Å². The van der Waals surface area contributed by atoms with Crippen LogP contribution in [0.3, 0.4) is 0 Å². The molecule has 24 heavy (non-hydrogen) atoms. The summed E-state index contributed by atoms with van der Waals surface area (Å²) in [6.07, 6.45) is 4.33. The number of carboxylic acids is 1. The SMILES string of the molecule is NCCCCC(N)C(=O)N(C(=O)CN)C(Cc1c[nH]cn1)C(=O)O. The Kier molecular flexibility index (Phi) is 8.02. The first kappa shape index (κ1) is 19.7. The standard InChI is InChI=1S/C14H24N6O4/c15-4-2-1-3-10(17)13(22)20(12(21)6-16)11(14(23)24)5-9-7-18-8-19-9/h7-8,10-11H,1-6,15-17H2,(H,18,19)(H,23,24). The molecule has 10 nitrogen and oxygen atoms in total. The maximum atomic E-state index is 12.5. The highest BCUT2D eigenvalue weighted by atomic mass is 16.4. The smallest absolute Gasteiger partial charge is 0.327 e. The van der Waals surface area contributed by atoms with Crippen LogP contribution in [0.25, 0.3) is 0 Å². The van der Waals surface area contributed by atoms with E-state index in [2.05, 4.69) is 9.97 Å². The monoisotopic (exact) mass is 340 g/mol. The number of carbonyl (C=O) groups is 3.